The minimum atomic E-state index is -0.604. The predicted octanol–water partition coefficient (Wildman–Crippen LogP) is 4.54. The second-order valence-corrected chi connectivity index (χ2v) is 5.17. The van der Waals surface area contributed by atoms with Crippen molar-refractivity contribution in [2.24, 2.45) is 0 Å². The van der Waals surface area contributed by atoms with Crippen LogP contribution in [-0.4, -0.2) is 25.8 Å². The summed E-state index contributed by atoms with van der Waals surface area (Å²) in [6.07, 6.45) is -1.15. The fourth-order valence-corrected chi connectivity index (χ4v) is 2.21. The Balaban J connectivity index is 2.13. The van der Waals surface area contributed by atoms with E-state index in [1.54, 1.807) is 42.5 Å². The van der Waals surface area contributed by atoms with Gasteiger partial charge in [0.25, 0.3) is 0 Å². The molecule has 6 nitrogen and oxygen atoms in total. The van der Waals surface area contributed by atoms with Gasteiger partial charge in [-0.2, -0.15) is 0 Å². The van der Waals surface area contributed by atoms with E-state index < -0.39 is 12.2 Å². The number of anilines is 2. The molecule has 0 unspecified atom stereocenters. The number of amides is 2. The van der Waals surface area contributed by atoms with Crippen LogP contribution in [0.15, 0.2) is 48.5 Å². The summed E-state index contributed by atoms with van der Waals surface area (Å²) in [5.41, 5.74) is 1.09. The van der Waals surface area contributed by atoms with Gasteiger partial charge in [-0.05, 0) is 37.3 Å². The van der Waals surface area contributed by atoms with Crippen LogP contribution >= 0.6 is 11.6 Å². The molecule has 0 spiro atoms. The summed E-state index contributed by atoms with van der Waals surface area (Å²) in [5, 5.41) is 3.03. The maximum Gasteiger partial charge on any atom is 0.419 e. The molecule has 2 aromatic carbocycles. The van der Waals surface area contributed by atoms with Crippen molar-refractivity contribution in [2.75, 3.05) is 23.9 Å². The van der Waals surface area contributed by atoms with E-state index in [-0.39, 0.29) is 0 Å². The van der Waals surface area contributed by atoms with Gasteiger partial charge in [-0.1, -0.05) is 23.7 Å². The van der Waals surface area contributed by atoms with Gasteiger partial charge < -0.3 is 9.47 Å². The van der Waals surface area contributed by atoms with Crippen LogP contribution in [-0.2, 0) is 4.74 Å². The summed E-state index contributed by atoms with van der Waals surface area (Å²) in [7, 11) is 1.27. The van der Waals surface area contributed by atoms with Crippen LogP contribution in [0.2, 0.25) is 5.02 Å². The molecular weight excluding hydrogens is 332 g/mol. The van der Waals surface area contributed by atoms with E-state index in [1.165, 1.54) is 18.1 Å². The summed E-state index contributed by atoms with van der Waals surface area (Å²) in [4.78, 5) is 25.1. The number of hydrogen-bond acceptors (Lipinski definition) is 4. The topological polar surface area (TPSA) is 67.9 Å². The zero-order chi connectivity index (χ0) is 17.5. The van der Waals surface area contributed by atoms with Gasteiger partial charge in [0.2, 0.25) is 0 Å². The smallest absolute Gasteiger partial charge is 0.419 e. The molecule has 24 heavy (non-hydrogen) atoms. The molecule has 2 rings (SSSR count). The monoisotopic (exact) mass is 348 g/mol. The Morgan fingerprint density at radius 2 is 1.92 bits per heavy atom. The van der Waals surface area contributed by atoms with E-state index in [0.717, 1.165) is 0 Å². The van der Waals surface area contributed by atoms with Crippen molar-refractivity contribution < 1.29 is 19.1 Å². The highest BCUT2D eigenvalue weighted by atomic mass is 35.5. The van der Waals surface area contributed by atoms with Crippen molar-refractivity contribution in [1.29, 1.82) is 0 Å². The van der Waals surface area contributed by atoms with E-state index in [9.17, 15) is 9.59 Å². The zero-order valence-corrected chi connectivity index (χ0v) is 14.0. The number of benzene rings is 2. The highest BCUT2D eigenvalue weighted by Crippen LogP contribution is 2.22. The van der Waals surface area contributed by atoms with E-state index in [1.807, 2.05) is 6.92 Å². The summed E-state index contributed by atoms with van der Waals surface area (Å²) in [6, 6.07) is 13.4. The normalized spacial score (nSPS) is 9.96. The van der Waals surface area contributed by atoms with Gasteiger partial charge in [0.15, 0.2) is 0 Å². The second-order valence-electron chi connectivity index (χ2n) is 4.74. The molecule has 1 N–H and O–H groups in total. The third-order valence-corrected chi connectivity index (χ3v) is 3.36. The summed E-state index contributed by atoms with van der Waals surface area (Å²) >= 11 is 5.96. The van der Waals surface area contributed by atoms with Crippen molar-refractivity contribution in [1.82, 2.24) is 0 Å². The van der Waals surface area contributed by atoms with Gasteiger partial charge in [-0.3, -0.25) is 10.2 Å². The fraction of sp³-hybridized carbons (Fsp3) is 0.176. The van der Waals surface area contributed by atoms with Gasteiger partial charge in [-0.15, -0.1) is 0 Å². The lowest BCUT2D eigenvalue weighted by Gasteiger charge is -2.20. The average molecular weight is 349 g/mol. The number of methoxy groups -OCH3 is 1. The Morgan fingerprint density at radius 1 is 1.17 bits per heavy atom. The van der Waals surface area contributed by atoms with Crippen molar-refractivity contribution in [2.45, 2.75) is 6.92 Å². The highest BCUT2D eigenvalue weighted by molar-refractivity contribution is 6.30. The Kier molecular flexibility index (Phi) is 6.03. The van der Waals surface area contributed by atoms with Crippen LogP contribution in [0.25, 0.3) is 0 Å². The Labute approximate surface area is 144 Å². The largest absolute Gasteiger partial charge is 0.453 e. The molecule has 0 bridgehead atoms. The standard InChI is InChI=1S/C17H17ClN2O4/c1-3-20(14-8-4-6-12(18)10-14)17(22)24-15-9-5-7-13(11-15)19-16(21)23-2/h4-11H,3H2,1-2H3,(H,19,21). The summed E-state index contributed by atoms with van der Waals surface area (Å²) in [6.45, 7) is 2.25. The molecule has 2 amide bonds. The number of nitrogens with zero attached hydrogens (tertiary/aromatic N) is 1. The fourth-order valence-electron chi connectivity index (χ4n) is 2.02. The van der Waals surface area contributed by atoms with Gasteiger partial charge in [0, 0.05) is 29.0 Å². The van der Waals surface area contributed by atoms with E-state index in [0.29, 0.717) is 28.7 Å². The minimum absolute atomic E-state index is 0.300. The second kappa shape index (κ2) is 8.21. The van der Waals surface area contributed by atoms with Crippen molar-refractivity contribution in [3.63, 3.8) is 0 Å². The van der Waals surface area contributed by atoms with Crippen LogP contribution in [0.5, 0.6) is 5.75 Å². The number of carbonyl (C=O) groups excluding carboxylic acids is 2. The Morgan fingerprint density at radius 3 is 2.58 bits per heavy atom. The molecule has 0 aromatic heterocycles. The lowest BCUT2D eigenvalue weighted by molar-refractivity contribution is 0.187. The maximum atomic E-state index is 12.4. The third-order valence-electron chi connectivity index (χ3n) is 3.13. The summed E-state index contributed by atoms with van der Waals surface area (Å²) in [5.74, 6) is 0.300. The number of nitrogens with one attached hydrogen (secondary N) is 1. The molecule has 2 aromatic rings. The lowest BCUT2D eigenvalue weighted by atomic mass is 10.3. The van der Waals surface area contributed by atoms with Crippen LogP contribution in [0.4, 0.5) is 21.0 Å². The SMILES string of the molecule is CCN(C(=O)Oc1cccc(NC(=O)OC)c1)c1cccc(Cl)c1. The van der Waals surface area contributed by atoms with Gasteiger partial charge in [0.05, 0.1) is 7.11 Å². The van der Waals surface area contributed by atoms with Gasteiger partial charge in [-0.25, -0.2) is 9.59 Å². The van der Waals surface area contributed by atoms with Crippen LogP contribution in [0.3, 0.4) is 0 Å². The molecule has 0 saturated heterocycles. The zero-order valence-electron chi connectivity index (χ0n) is 13.3. The first-order chi connectivity index (χ1) is 11.5. The molecule has 0 heterocycles. The Bertz CT molecular complexity index is 736. The summed E-state index contributed by atoms with van der Waals surface area (Å²) < 4.78 is 9.89. The highest BCUT2D eigenvalue weighted by Gasteiger charge is 2.17. The number of carbonyl (C=O) groups is 2. The predicted molar refractivity (Wildman–Crippen MR) is 93.0 cm³/mol. The number of ether oxygens (including phenoxy) is 2. The molecule has 7 heteroatoms. The first-order valence-corrected chi connectivity index (χ1v) is 7.61. The first-order valence-electron chi connectivity index (χ1n) is 7.23. The quantitative estimate of drug-likeness (QED) is 0.880. The van der Waals surface area contributed by atoms with Crippen molar-refractivity contribution in [3.8, 4) is 5.75 Å². The van der Waals surface area contributed by atoms with E-state index in [2.05, 4.69) is 10.1 Å². The number of rotatable bonds is 4. The lowest BCUT2D eigenvalue weighted by Crippen LogP contribution is -2.33. The average Bonchev–Trinajstić information content (AvgIpc) is 2.55. The molecule has 0 saturated carbocycles. The van der Waals surface area contributed by atoms with Gasteiger partial charge >= 0.3 is 12.2 Å². The molecule has 0 fully saturated rings. The van der Waals surface area contributed by atoms with Gasteiger partial charge in [0.1, 0.15) is 5.75 Å². The molecule has 0 radical (unpaired) electrons. The molecule has 0 aliphatic carbocycles. The molecule has 0 aliphatic heterocycles. The van der Waals surface area contributed by atoms with Crippen LogP contribution < -0.4 is 15.0 Å². The molecule has 126 valence electrons. The van der Waals surface area contributed by atoms with Crippen LogP contribution in [0, 0.1) is 0 Å². The Hall–Kier alpha value is -2.73. The van der Waals surface area contributed by atoms with Crippen molar-refractivity contribution >= 4 is 35.2 Å². The van der Waals surface area contributed by atoms with E-state index in [4.69, 9.17) is 16.3 Å². The molecule has 0 aliphatic rings. The molecular formula is C17H17ClN2O4. The number of hydrogen-bond donors (Lipinski definition) is 1. The molecule has 0 atom stereocenters. The van der Waals surface area contributed by atoms with Crippen LogP contribution in [0.1, 0.15) is 6.92 Å². The maximum absolute atomic E-state index is 12.4. The van der Waals surface area contributed by atoms with E-state index >= 15 is 0 Å². The van der Waals surface area contributed by atoms with Crippen molar-refractivity contribution in [3.05, 3.63) is 53.6 Å². The number of halogens is 1. The first kappa shape index (κ1) is 17.6. The minimum Gasteiger partial charge on any atom is -0.453 e. The third kappa shape index (κ3) is 4.63.